The van der Waals surface area contributed by atoms with Gasteiger partial charge >= 0.3 is 0 Å². The van der Waals surface area contributed by atoms with E-state index in [1.807, 2.05) is 0 Å². The molecule has 2 fully saturated rings. The van der Waals surface area contributed by atoms with Crippen molar-refractivity contribution in [3.63, 3.8) is 0 Å². The maximum atomic E-state index is 10.5. The number of rotatable bonds is 4. The van der Waals surface area contributed by atoms with E-state index in [2.05, 4.69) is 24.2 Å². The summed E-state index contributed by atoms with van der Waals surface area (Å²) in [6.07, 6.45) is 6.94. The molecule has 1 saturated heterocycles. The zero-order valence-electron chi connectivity index (χ0n) is 12.1. The average molecular weight is 254 g/mol. The van der Waals surface area contributed by atoms with Crippen LogP contribution in [0.1, 0.15) is 45.4 Å². The van der Waals surface area contributed by atoms with Gasteiger partial charge in [-0.25, -0.2) is 0 Å². The molecule has 2 aliphatic rings. The van der Waals surface area contributed by atoms with Gasteiger partial charge in [0.15, 0.2) is 0 Å². The smallest absolute Gasteiger partial charge is 0.0771 e. The topological polar surface area (TPSA) is 35.5 Å². The molecule has 0 amide bonds. The first-order valence-electron chi connectivity index (χ1n) is 7.69. The van der Waals surface area contributed by atoms with E-state index >= 15 is 0 Å². The first-order valence-corrected chi connectivity index (χ1v) is 7.69. The standard InChI is InChI=1S/C15H30N2O/c1-13-3-7-15(18,8-4-13)12-16-11-14-5-9-17(2)10-6-14/h13-14,16,18H,3-12H2,1-2H3. The van der Waals surface area contributed by atoms with Crippen LogP contribution in [-0.2, 0) is 0 Å². The van der Waals surface area contributed by atoms with Gasteiger partial charge < -0.3 is 15.3 Å². The molecule has 2 rings (SSSR count). The predicted octanol–water partition coefficient (Wildman–Crippen LogP) is 1.86. The van der Waals surface area contributed by atoms with Crippen LogP contribution in [0.25, 0.3) is 0 Å². The first-order chi connectivity index (χ1) is 8.57. The summed E-state index contributed by atoms with van der Waals surface area (Å²) >= 11 is 0. The normalized spacial score (nSPS) is 35.8. The molecule has 0 aromatic rings. The highest BCUT2D eigenvalue weighted by Gasteiger charge is 2.31. The van der Waals surface area contributed by atoms with Crippen molar-refractivity contribution in [1.82, 2.24) is 10.2 Å². The highest BCUT2D eigenvalue weighted by atomic mass is 16.3. The van der Waals surface area contributed by atoms with Crippen molar-refractivity contribution in [2.45, 2.75) is 51.0 Å². The molecule has 0 spiro atoms. The third-order valence-corrected chi connectivity index (χ3v) is 4.93. The van der Waals surface area contributed by atoms with Crippen LogP contribution in [-0.4, -0.2) is 48.8 Å². The van der Waals surface area contributed by atoms with Gasteiger partial charge in [0.1, 0.15) is 0 Å². The van der Waals surface area contributed by atoms with Gasteiger partial charge in [0.25, 0.3) is 0 Å². The third-order valence-electron chi connectivity index (χ3n) is 4.93. The molecule has 1 saturated carbocycles. The van der Waals surface area contributed by atoms with Crippen molar-refractivity contribution in [3.8, 4) is 0 Å². The molecule has 0 atom stereocenters. The van der Waals surface area contributed by atoms with Crippen molar-refractivity contribution < 1.29 is 5.11 Å². The largest absolute Gasteiger partial charge is 0.389 e. The second kappa shape index (κ2) is 6.36. The van der Waals surface area contributed by atoms with E-state index < -0.39 is 5.60 Å². The monoisotopic (exact) mass is 254 g/mol. The molecular formula is C15H30N2O. The molecule has 0 radical (unpaired) electrons. The summed E-state index contributed by atoms with van der Waals surface area (Å²) in [5.41, 5.74) is -0.419. The van der Waals surface area contributed by atoms with Crippen molar-refractivity contribution in [2.75, 3.05) is 33.2 Å². The van der Waals surface area contributed by atoms with Gasteiger partial charge in [-0.3, -0.25) is 0 Å². The Morgan fingerprint density at radius 3 is 2.39 bits per heavy atom. The quantitative estimate of drug-likeness (QED) is 0.804. The second-order valence-corrected chi connectivity index (χ2v) is 6.78. The average Bonchev–Trinajstić information content (AvgIpc) is 2.36. The van der Waals surface area contributed by atoms with Crippen molar-refractivity contribution in [2.24, 2.45) is 11.8 Å². The van der Waals surface area contributed by atoms with Crippen LogP contribution in [0.4, 0.5) is 0 Å². The summed E-state index contributed by atoms with van der Waals surface area (Å²) in [4.78, 5) is 2.41. The molecule has 1 aliphatic heterocycles. The van der Waals surface area contributed by atoms with Crippen molar-refractivity contribution in [1.29, 1.82) is 0 Å². The fourth-order valence-electron chi connectivity index (χ4n) is 3.25. The van der Waals surface area contributed by atoms with Crippen LogP contribution >= 0.6 is 0 Å². The fourth-order valence-corrected chi connectivity index (χ4v) is 3.25. The van der Waals surface area contributed by atoms with E-state index in [4.69, 9.17) is 0 Å². The van der Waals surface area contributed by atoms with Gasteiger partial charge in [0.05, 0.1) is 5.60 Å². The Balaban J connectivity index is 1.63. The maximum absolute atomic E-state index is 10.5. The Morgan fingerprint density at radius 2 is 1.78 bits per heavy atom. The number of piperidine rings is 1. The van der Waals surface area contributed by atoms with E-state index in [1.54, 1.807) is 0 Å². The van der Waals surface area contributed by atoms with Gasteiger partial charge in [-0.2, -0.15) is 0 Å². The SMILES string of the molecule is CC1CCC(O)(CNCC2CCN(C)CC2)CC1. The molecule has 1 aliphatic carbocycles. The Morgan fingerprint density at radius 1 is 1.17 bits per heavy atom. The second-order valence-electron chi connectivity index (χ2n) is 6.78. The number of hydrogen-bond acceptors (Lipinski definition) is 3. The molecule has 1 heterocycles. The minimum atomic E-state index is -0.419. The lowest BCUT2D eigenvalue weighted by molar-refractivity contribution is -0.00702. The highest BCUT2D eigenvalue weighted by molar-refractivity contribution is 4.86. The lowest BCUT2D eigenvalue weighted by atomic mass is 9.79. The molecule has 2 N–H and O–H groups in total. The van der Waals surface area contributed by atoms with Crippen LogP contribution in [0.5, 0.6) is 0 Å². The van der Waals surface area contributed by atoms with Crippen LogP contribution in [0.2, 0.25) is 0 Å². The minimum Gasteiger partial charge on any atom is -0.389 e. The van der Waals surface area contributed by atoms with E-state index in [-0.39, 0.29) is 0 Å². The summed E-state index contributed by atoms with van der Waals surface area (Å²) in [6.45, 7) is 6.64. The van der Waals surface area contributed by atoms with E-state index in [9.17, 15) is 5.11 Å². The molecular weight excluding hydrogens is 224 g/mol. The number of hydrogen-bond donors (Lipinski definition) is 2. The van der Waals surface area contributed by atoms with Crippen LogP contribution < -0.4 is 5.32 Å². The summed E-state index contributed by atoms with van der Waals surface area (Å²) in [6, 6.07) is 0. The molecule has 106 valence electrons. The van der Waals surface area contributed by atoms with Gasteiger partial charge in [-0.15, -0.1) is 0 Å². The van der Waals surface area contributed by atoms with E-state index in [0.717, 1.165) is 37.8 Å². The first kappa shape index (κ1) is 14.3. The molecule has 0 unspecified atom stereocenters. The Labute approximate surface area is 112 Å². The summed E-state index contributed by atoms with van der Waals surface area (Å²) in [5.74, 6) is 1.62. The van der Waals surface area contributed by atoms with E-state index in [0.29, 0.717) is 0 Å². The van der Waals surface area contributed by atoms with Gasteiger partial charge in [0, 0.05) is 6.54 Å². The fraction of sp³-hybridized carbons (Fsp3) is 1.00. The number of likely N-dealkylation sites (tertiary alicyclic amines) is 1. The molecule has 0 aromatic heterocycles. The van der Waals surface area contributed by atoms with Gasteiger partial charge in [-0.05, 0) is 77.0 Å². The summed E-state index contributed by atoms with van der Waals surface area (Å²) in [7, 11) is 2.20. The molecule has 0 aromatic carbocycles. The van der Waals surface area contributed by atoms with Crippen molar-refractivity contribution >= 4 is 0 Å². The predicted molar refractivity (Wildman–Crippen MR) is 75.7 cm³/mol. The lowest BCUT2D eigenvalue weighted by Crippen LogP contribution is -2.45. The number of nitrogens with zero attached hydrogens (tertiary/aromatic N) is 1. The highest BCUT2D eigenvalue weighted by Crippen LogP contribution is 2.31. The van der Waals surface area contributed by atoms with Crippen LogP contribution in [0.3, 0.4) is 0 Å². The lowest BCUT2D eigenvalue weighted by Gasteiger charge is -2.36. The molecule has 0 bridgehead atoms. The van der Waals surface area contributed by atoms with Gasteiger partial charge in [0.2, 0.25) is 0 Å². The maximum Gasteiger partial charge on any atom is 0.0771 e. The van der Waals surface area contributed by atoms with Crippen LogP contribution in [0, 0.1) is 11.8 Å². The molecule has 3 heteroatoms. The Kier molecular flexibility index (Phi) is 5.05. The van der Waals surface area contributed by atoms with Crippen LogP contribution in [0.15, 0.2) is 0 Å². The molecule has 3 nitrogen and oxygen atoms in total. The summed E-state index contributed by atoms with van der Waals surface area (Å²) < 4.78 is 0. The number of aliphatic hydroxyl groups is 1. The number of nitrogens with one attached hydrogen (secondary N) is 1. The van der Waals surface area contributed by atoms with E-state index in [1.165, 1.54) is 38.8 Å². The zero-order chi connectivity index (χ0) is 13.0. The third kappa shape index (κ3) is 4.22. The molecule has 18 heavy (non-hydrogen) atoms. The summed E-state index contributed by atoms with van der Waals surface area (Å²) in [5, 5.41) is 14.0. The minimum absolute atomic E-state index is 0.419. The zero-order valence-corrected chi connectivity index (χ0v) is 12.1. The Hall–Kier alpha value is -0.120. The van der Waals surface area contributed by atoms with Crippen molar-refractivity contribution in [3.05, 3.63) is 0 Å². The Bertz CT molecular complexity index is 241. The van der Waals surface area contributed by atoms with Gasteiger partial charge in [-0.1, -0.05) is 6.92 Å².